The summed E-state index contributed by atoms with van der Waals surface area (Å²) >= 11 is 0. The maximum Gasteiger partial charge on any atom is 0.312 e. The Balaban J connectivity index is 2.79. The second-order valence-corrected chi connectivity index (χ2v) is 5.50. The zero-order chi connectivity index (χ0) is 16.9. The average molecular weight is 306 g/mol. The Morgan fingerprint density at radius 2 is 1.64 bits per heavy atom. The first-order valence-corrected chi connectivity index (χ1v) is 6.91. The van der Waals surface area contributed by atoms with Gasteiger partial charge in [0, 0.05) is 25.3 Å². The minimum Gasteiger partial charge on any atom is -0.352 e. The van der Waals surface area contributed by atoms with Crippen LogP contribution in [-0.2, 0) is 4.79 Å². The number of anilines is 1. The highest BCUT2D eigenvalue weighted by Gasteiger charge is 2.23. The molecule has 7 heteroatoms. The van der Waals surface area contributed by atoms with Crippen molar-refractivity contribution in [1.82, 2.24) is 10.2 Å². The molecule has 0 saturated heterocycles. The summed E-state index contributed by atoms with van der Waals surface area (Å²) in [5, 5.41) is 5.10. The van der Waals surface area contributed by atoms with E-state index in [1.165, 1.54) is 4.90 Å². The van der Waals surface area contributed by atoms with Crippen molar-refractivity contribution in [2.45, 2.75) is 19.9 Å². The molecular weight excluding hydrogens is 284 g/mol. The van der Waals surface area contributed by atoms with Crippen LogP contribution in [0.3, 0.4) is 0 Å². The van der Waals surface area contributed by atoms with Crippen LogP contribution in [0.15, 0.2) is 24.3 Å². The van der Waals surface area contributed by atoms with E-state index in [2.05, 4.69) is 10.6 Å². The summed E-state index contributed by atoms with van der Waals surface area (Å²) in [6, 6.07) is 5.06. The standard InChI is InChI=1S/C15H22N4O3/c1-9(2)12(18-15(16)22)13(20)17-11-7-5-10(6-8-11)14(21)19(3)4/h5-9,12H,1-4H3,(H,17,20)(H3,16,18,22). The van der Waals surface area contributed by atoms with Gasteiger partial charge in [0.1, 0.15) is 6.04 Å². The number of primary amides is 1. The number of nitrogens with zero attached hydrogens (tertiary/aromatic N) is 1. The molecule has 0 aliphatic carbocycles. The molecule has 1 atom stereocenters. The Morgan fingerprint density at radius 1 is 1.09 bits per heavy atom. The van der Waals surface area contributed by atoms with Gasteiger partial charge in [0.15, 0.2) is 0 Å². The molecule has 1 aromatic carbocycles. The molecule has 7 nitrogen and oxygen atoms in total. The molecule has 0 aliphatic rings. The molecular formula is C15H22N4O3. The van der Waals surface area contributed by atoms with Gasteiger partial charge in [-0.3, -0.25) is 9.59 Å². The minimum absolute atomic E-state index is 0.109. The van der Waals surface area contributed by atoms with E-state index in [1.807, 2.05) is 0 Å². The fourth-order valence-electron chi connectivity index (χ4n) is 1.86. The molecule has 0 bridgehead atoms. The van der Waals surface area contributed by atoms with E-state index >= 15 is 0 Å². The topological polar surface area (TPSA) is 105 Å². The largest absolute Gasteiger partial charge is 0.352 e. The normalized spacial score (nSPS) is 11.7. The molecule has 0 saturated carbocycles. The number of carbonyl (C=O) groups excluding carboxylic acids is 3. The lowest BCUT2D eigenvalue weighted by Crippen LogP contribution is -2.49. The lowest BCUT2D eigenvalue weighted by atomic mass is 10.0. The van der Waals surface area contributed by atoms with Crippen LogP contribution in [0.4, 0.5) is 10.5 Å². The van der Waals surface area contributed by atoms with Gasteiger partial charge in [0.25, 0.3) is 5.91 Å². The molecule has 0 aromatic heterocycles. The average Bonchev–Trinajstić information content (AvgIpc) is 2.44. The third kappa shape index (κ3) is 4.76. The number of benzene rings is 1. The molecule has 1 unspecified atom stereocenters. The van der Waals surface area contributed by atoms with Gasteiger partial charge >= 0.3 is 6.03 Å². The van der Waals surface area contributed by atoms with Crippen molar-refractivity contribution >= 4 is 23.5 Å². The summed E-state index contributed by atoms with van der Waals surface area (Å²) in [5.74, 6) is -0.587. The maximum absolute atomic E-state index is 12.2. The summed E-state index contributed by atoms with van der Waals surface area (Å²) in [6.45, 7) is 3.61. The molecule has 1 rings (SSSR count). The Kier molecular flexibility index (Phi) is 5.91. The predicted octanol–water partition coefficient (Wildman–Crippen LogP) is 1.02. The first kappa shape index (κ1) is 17.5. The molecule has 0 radical (unpaired) electrons. The highest BCUT2D eigenvalue weighted by molar-refractivity contribution is 5.98. The van der Waals surface area contributed by atoms with Gasteiger partial charge in [-0.15, -0.1) is 0 Å². The van der Waals surface area contributed by atoms with Crippen LogP contribution < -0.4 is 16.4 Å². The monoisotopic (exact) mass is 306 g/mol. The molecule has 4 N–H and O–H groups in total. The van der Waals surface area contributed by atoms with Crippen LogP contribution in [0.25, 0.3) is 0 Å². The third-order valence-electron chi connectivity index (χ3n) is 3.05. The second kappa shape index (κ2) is 7.44. The minimum atomic E-state index is -0.749. The van der Waals surface area contributed by atoms with Gasteiger partial charge in [-0.25, -0.2) is 4.79 Å². The molecule has 1 aromatic rings. The Labute approximate surface area is 129 Å². The van der Waals surface area contributed by atoms with Crippen molar-refractivity contribution in [1.29, 1.82) is 0 Å². The van der Waals surface area contributed by atoms with E-state index in [1.54, 1.807) is 52.2 Å². The molecule has 4 amide bonds. The molecule has 120 valence electrons. The zero-order valence-corrected chi connectivity index (χ0v) is 13.2. The number of urea groups is 1. The quantitative estimate of drug-likeness (QED) is 0.756. The van der Waals surface area contributed by atoms with Gasteiger partial charge in [0.05, 0.1) is 0 Å². The summed E-state index contributed by atoms with van der Waals surface area (Å²) < 4.78 is 0. The molecule has 0 aliphatic heterocycles. The number of hydrogen-bond acceptors (Lipinski definition) is 3. The lowest BCUT2D eigenvalue weighted by molar-refractivity contribution is -0.118. The van der Waals surface area contributed by atoms with Crippen LogP contribution in [-0.4, -0.2) is 42.9 Å². The second-order valence-electron chi connectivity index (χ2n) is 5.50. The van der Waals surface area contributed by atoms with Crippen LogP contribution in [0.1, 0.15) is 24.2 Å². The third-order valence-corrected chi connectivity index (χ3v) is 3.05. The maximum atomic E-state index is 12.2. The summed E-state index contributed by atoms with van der Waals surface area (Å²) in [7, 11) is 3.33. The van der Waals surface area contributed by atoms with Crippen molar-refractivity contribution in [2.24, 2.45) is 11.7 Å². The number of amides is 4. The van der Waals surface area contributed by atoms with Gasteiger partial charge in [0.2, 0.25) is 5.91 Å². The Bertz CT molecular complexity index is 552. The van der Waals surface area contributed by atoms with E-state index in [0.29, 0.717) is 11.3 Å². The number of nitrogens with two attached hydrogens (primary N) is 1. The van der Waals surface area contributed by atoms with Gasteiger partial charge in [-0.1, -0.05) is 13.8 Å². The summed E-state index contributed by atoms with van der Waals surface area (Å²) in [4.78, 5) is 36.3. The van der Waals surface area contributed by atoms with E-state index < -0.39 is 12.1 Å². The fourth-order valence-corrected chi connectivity index (χ4v) is 1.86. The summed E-state index contributed by atoms with van der Waals surface area (Å²) in [5.41, 5.74) is 6.14. The van der Waals surface area contributed by atoms with Crippen LogP contribution >= 0.6 is 0 Å². The molecule has 0 heterocycles. The number of hydrogen-bond donors (Lipinski definition) is 3. The highest BCUT2D eigenvalue weighted by atomic mass is 16.2. The Hall–Kier alpha value is -2.57. The van der Waals surface area contributed by atoms with E-state index in [-0.39, 0.29) is 17.7 Å². The SMILES string of the molecule is CC(C)C(NC(N)=O)C(=O)Nc1ccc(C(=O)N(C)C)cc1. The number of carbonyl (C=O) groups is 3. The molecule has 0 spiro atoms. The highest BCUT2D eigenvalue weighted by Crippen LogP contribution is 2.12. The van der Waals surface area contributed by atoms with Crippen molar-refractivity contribution in [3.63, 3.8) is 0 Å². The lowest BCUT2D eigenvalue weighted by Gasteiger charge is -2.20. The van der Waals surface area contributed by atoms with Crippen molar-refractivity contribution < 1.29 is 14.4 Å². The van der Waals surface area contributed by atoms with Crippen LogP contribution in [0, 0.1) is 5.92 Å². The zero-order valence-electron chi connectivity index (χ0n) is 13.2. The van der Waals surface area contributed by atoms with Crippen molar-refractivity contribution in [3.8, 4) is 0 Å². The smallest absolute Gasteiger partial charge is 0.312 e. The summed E-state index contributed by atoms with van der Waals surface area (Å²) in [6.07, 6.45) is 0. The predicted molar refractivity (Wildman–Crippen MR) is 84.4 cm³/mol. The molecule has 0 fully saturated rings. The van der Waals surface area contributed by atoms with Crippen molar-refractivity contribution in [2.75, 3.05) is 19.4 Å². The first-order chi connectivity index (χ1) is 10.2. The van der Waals surface area contributed by atoms with Crippen LogP contribution in [0.2, 0.25) is 0 Å². The fraction of sp³-hybridized carbons (Fsp3) is 0.400. The molecule has 22 heavy (non-hydrogen) atoms. The first-order valence-electron chi connectivity index (χ1n) is 6.91. The van der Waals surface area contributed by atoms with E-state index in [4.69, 9.17) is 5.73 Å². The van der Waals surface area contributed by atoms with E-state index in [9.17, 15) is 14.4 Å². The van der Waals surface area contributed by atoms with Crippen molar-refractivity contribution in [3.05, 3.63) is 29.8 Å². The number of rotatable bonds is 5. The number of nitrogens with one attached hydrogen (secondary N) is 2. The van der Waals surface area contributed by atoms with Gasteiger partial charge in [-0.2, -0.15) is 0 Å². The van der Waals surface area contributed by atoms with Crippen LogP contribution in [0.5, 0.6) is 0 Å². The van der Waals surface area contributed by atoms with Gasteiger partial charge < -0.3 is 21.3 Å². The van der Waals surface area contributed by atoms with Gasteiger partial charge in [-0.05, 0) is 30.2 Å². The van der Waals surface area contributed by atoms with E-state index in [0.717, 1.165) is 0 Å². The Morgan fingerprint density at radius 3 is 2.05 bits per heavy atom.